The summed E-state index contributed by atoms with van der Waals surface area (Å²) in [6.45, 7) is 0. The van der Waals surface area contributed by atoms with Gasteiger partial charge >= 0.3 is 0 Å². The first-order valence-electron chi connectivity index (χ1n) is 23.9. The standard InChI is InChI=1S/C50H30O/c1-3-15-36-31(11-1)13-9-21-39(36)48-41-17-5-7-19-43(41)49(44-20-8-6-18-42(44)48)40-22-10-14-35-29-33(23-26-37(35)40)34-24-27-45-47(30-34)51-46-28-25-32-12-2-4-16-38(32)50(45)46/h1-30H/i1D,3D,5D,6D,7D,8D,9D,11D,13D,15D,17D,18D,19D,20D,21D. The van der Waals surface area contributed by atoms with Gasteiger partial charge in [-0.05, 0) is 112 Å². The van der Waals surface area contributed by atoms with E-state index in [9.17, 15) is 6.85 Å². The van der Waals surface area contributed by atoms with Crippen molar-refractivity contribution in [3.8, 4) is 33.4 Å². The van der Waals surface area contributed by atoms with Crippen molar-refractivity contribution in [1.29, 1.82) is 0 Å². The average molecular weight is 662 g/mol. The maximum atomic E-state index is 9.48. The highest BCUT2D eigenvalue weighted by atomic mass is 16.3. The van der Waals surface area contributed by atoms with Crippen molar-refractivity contribution in [2.75, 3.05) is 0 Å². The summed E-state index contributed by atoms with van der Waals surface area (Å²) in [5.41, 5.74) is 2.74. The number of rotatable bonds is 3. The molecule has 11 aromatic rings. The summed E-state index contributed by atoms with van der Waals surface area (Å²) < 4.78 is 142. The summed E-state index contributed by atoms with van der Waals surface area (Å²) in [6.07, 6.45) is 0. The first-order valence-corrected chi connectivity index (χ1v) is 16.4. The molecule has 0 N–H and O–H groups in total. The van der Waals surface area contributed by atoms with E-state index in [1.54, 1.807) is 12.1 Å². The second-order valence-electron chi connectivity index (χ2n) is 12.5. The van der Waals surface area contributed by atoms with Crippen molar-refractivity contribution < 1.29 is 25.0 Å². The molecule has 51 heavy (non-hydrogen) atoms. The van der Waals surface area contributed by atoms with E-state index < -0.39 is 107 Å². The molecule has 0 amide bonds. The Kier molecular flexibility index (Phi) is 3.70. The van der Waals surface area contributed by atoms with Crippen LogP contribution in [0.15, 0.2) is 186 Å². The molecule has 1 aromatic heterocycles. The molecule has 10 aromatic carbocycles. The van der Waals surface area contributed by atoms with Gasteiger partial charge < -0.3 is 4.42 Å². The van der Waals surface area contributed by atoms with Gasteiger partial charge in [0.2, 0.25) is 0 Å². The molecule has 0 aliphatic rings. The van der Waals surface area contributed by atoms with Gasteiger partial charge in [0, 0.05) is 10.8 Å². The first-order chi connectivity index (χ1) is 31.5. The Morgan fingerprint density at radius 3 is 1.76 bits per heavy atom. The van der Waals surface area contributed by atoms with Crippen LogP contribution in [0.3, 0.4) is 0 Å². The van der Waals surface area contributed by atoms with Crippen LogP contribution in [0, 0.1) is 0 Å². The van der Waals surface area contributed by atoms with Crippen LogP contribution in [-0.4, -0.2) is 0 Å². The van der Waals surface area contributed by atoms with Crippen LogP contribution in [0.2, 0.25) is 0 Å². The van der Waals surface area contributed by atoms with E-state index in [1.807, 2.05) is 66.7 Å². The molecule has 0 spiro atoms. The first kappa shape index (κ1) is 17.3. The minimum atomic E-state index is -0.757. The third-order valence-electron chi connectivity index (χ3n) is 9.78. The van der Waals surface area contributed by atoms with Gasteiger partial charge in [-0.1, -0.05) is 157 Å². The topological polar surface area (TPSA) is 13.1 Å². The van der Waals surface area contributed by atoms with Crippen LogP contribution in [0.4, 0.5) is 0 Å². The predicted octanol–water partition coefficient (Wildman–Crippen LogP) is 14.4. The fourth-order valence-electron chi connectivity index (χ4n) is 7.55. The van der Waals surface area contributed by atoms with Gasteiger partial charge in [0.1, 0.15) is 11.2 Å². The summed E-state index contributed by atoms with van der Waals surface area (Å²) in [4.78, 5) is 0. The van der Waals surface area contributed by atoms with E-state index in [0.29, 0.717) is 21.9 Å². The molecule has 0 fully saturated rings. The second-order valence-corrected chi connectivity index (χ2v) is 12.5. The quantitative estimate of drug-likeness (QED) is 0.172. The lowest BCUT2D eigenvalue weighted by molar-refractivity contribution is 0.669. The van der Waals surface area contributed by atoms with Crippen LogP contribution >= 0.6 is 0 Å². The van der Waals surface area contributed by atoms with E-state index in [2.05, 4.69) is 12.1 Å². The van der Waals surface area contributed by atoms with Gasteiger partial charge in [0.25, 0.3) is 0 Å². The number of benzene rings is 10. The fourth-order valence-corrected chi connectivity index (χ4v) is 7.55. The van der Waals surface area contributed by atoms with Crippen LogP contribution < -0.4 is 0 Å². The highest BCUT2D eigenvalue weighted by Crippen LogP contribution is 2.47. The molecule has 1 heterocycles. The molecule has 0 radical (unpaired) electrons. The Hall–Kier alpha value is -6.70. The Labute approximate surface area is 315 Å². The second kappa shape index (κ2) is 10.9. The van der Waals surface area contributed by atoms with Gasteiger partial charge in [0.05, 0.1) is 20.6 Å². The van der Waals surface area contributed by atoms with Crippen molar-refractivity contribution in [3.63, 3.8) is 0 Å². The van der Waals surface area contributed by atoms with Crippen molar-refractivity contribution in [2.45, 2.75) is 0 Å². The van der Waals surface area contributed by atoms with E-state index in [0.717, 1.165) is 38.3 Å². The molecule has 1 nitrogen and oxygen atoms in total. The number of furan rings is 1. The smallest absolute Gasteiger partial charge is 0.136 e. The van der Waals surface area contributed by atoms with Crippen LogP contribution in [0.1, 0.15) is 20.6 Å². The van der Waals surface area contributed by atoms with E-state index in [-0.39, 0.29) is 32.7 Å². The van der Waals surface area contributed by atoms with Crippen molar-refractivity contribution in [3.05, 3.63) is 182 Å². The zero-order valence-electron chi connectivity index (χ0n) is 41.6. The minimum absolute atomic E-state index is 0.0398. The molecule has 0 saturated heterocycles. The van der Waals surface area contributed by atoms with Gasteiger partial charge in [-0.25, -0.2) is 0 Å². The zero-order chi connectivity index (χ0) is 46.5. The van der Waals surface area contributed by atoms with Crippen LogP contribution in [-0.2, 0) is 0 Å². The van der Waals surface area contributed by atoms with Gasteiger partial charge in [-0.15, -0.1) is 0 Å². The highest BCUT2D eigenvalue weighted by molar-refractivity contribution is 6.25. The molecular weight excluding hydrogens is 617 g/mol. The zero-order valence-corrected chi connectivity index (χ0v) is 26.6. The van der Waals surface area contributed by atoms with Crippen LogP contribution in [0.25, 0.3) is 109 Å². The Morgan fingerprint density at radius 1 is 0.353 bits per heavy atom. The SMILES string of the molecule is [2H]c1c([2H])c([2H])c2c(-c3c4c([2H])c([2H])c([2H])c([2H])c4c(-c4cccc5cc(-c6ccc7c(c6)oc6ccc8ccccc8c67)ccc45)c4c([2H])c([2H])c([2H])c([2H])c34)c([2H])c([2H])c([2H])c2c1[2H]. The summed E-state index contributed by atoms with van der Waals surface area (Å²) in [5, 5.41) is 3.63. The third kappa shape index (κ3) is 4.22. The minimum Gasteiger partial charge on any atom is -0.456 e. The predicted molar refractivity (Wildman–Crippen MR) is 218 cm³/mol. The fraction of sp³-hybridized carbons (Fsp3) is 0. The lowest BCUT2D eigenvalue weighted by atomic mass is 9.83. The molecule has 1 heteroatoms. The lowest BCUT2D eigenvalue weighted by Crippen LogP contribution is -1.92. The summed E-state index contributed by atoms with van der Waals surface area (Å²) in [7, 11) is 0. The highest BCUT2D eigenvalue weighted by Gasteiger charge is 2.19. The lowest BCUT2D eigenvalue weighted by Gasteiger charge is -2.19. The molecule has 0 unspecified atom stereocenters. The number of hydrogen-bond acceptors (Lipinski definition) is 1. The number of fused-ring (bicyclic) bond motifs is 9. The largest absolute Gasteiger partial charge is 0.456 e. The van der Waals surface area contributed by atoms with Crippen molar-refractivity contribution in [1.82, 2.24) is 0 Å². The van der Waals surface area contributed by atoms with E-state index >= 15 is 0 Å². The maximum Gasteiger partial charge on any atom is 0.136 e. The molecule has 236 valence electrons. The summed E-state index contributed by atoms with van der Waals surface area (Å²) in [5.74, 6) is 0. The molecule has 11 rings (SSSR count). The van der Waals surface area contributed by atoms with Crippen LogP contribution in [0.5, 0.6) is 0 Å². The molecular formula is C50H30O. The average Bonchev–Trinajstić information content (AvgIpc) is 3.71. The molecule has 0 bridgehead atoms. The van der Waals surface area contributed by atoms with Crippen molar-refractivity contribution >= 4 is 75.8 Å². The maximum absolute atomic E-state index is 9.48. The Balaban J connectivity index is 1.26. The number of hydrogen-bond donors (Lipinski definition) is 0. The Bertz CT molecular complexity index is 3970. The normalized spacial score (nSPS) is 16.0. The summed E-state index contributed by atoms with van der Waals surface area (Å²) >= 11 is 0. The van der Waals surface area contributed by atoms with Gasteiger partial charge in [0.15, 0.2) is 0 Å². The van der Waals surface area contributed by atoms with Gasteiger partial charge in [-0.3, -0.25) is 0 Å². The summed E-state index contributed by atoms with van der Waals surface area (Å²) in [6, 6.07) is 18.9. The monoisotopic (exact) mass is 661 g/mol. The Morgan fingerprint density at radius 2 is 0.980 bits per heavy atom. The molecule has 0 saturated carbocycles. The third-order valence-corrected chi connectivity index (χ3v) is 9.78. The molecule has 0 atom stereocenters. The van der Waals surface area contributed by atoms with E-state index in [4.69, 9.17) is 18.1 Å². The van der Waals surface area contributed by atoms with Gasteiger partial charge in [-0.2, -0.15) is 0 Å². The molecule has 0 aliphatic carbocycles. The van der Waals surface area contributed by atoms with Crippen molar-refractivity contribution in [2.24, 2.45) is 0 Å². The van der Waals surface area contributed by atoms with E-state index in [1.165, 1.54) is 0 Å². The molecule has 0 aliphatic heterocycles.